The topological polar surface area (TPSA) is 67.4 Å². The van der Waals surface area contributed by atoms with Crippen LogP contribution in [0.25, 0.3) is 0 Å². The Labute approximate surface area is 155 Å². The number of hydrogen-bond acceptors (Lipinski definition) is 4. The van der Waals surface area contributed by atoms with Crippen molar-refractivity contribution in [3.63, 3.8) is 0 Å². The lowest BCUT2D eigenvalue weighted by atomic mass is 10.1. The summed E-state index contributed by atoms with van der Waals surface area (Å²) in [4.78, 5) is 0.185. The van der Waals surface area contributed by atoms with Crippen molar-refractivity contribution in [3.05, 3.63) is 58.1 Å². The minimum absolute atomic E-state index is 0. The highest BCUT2D eigenvalue weighted by atomic mass is 35.5. The molecule has 0 saturated carbocycles. The highest BCUT2D eigenvalue weighted by Gasteiger charge is 2.21. The van der Waals surface area contributed by atoms with Gasteiger partial charge in [0.2, 0.25) is 10.0 Å². The van der Waals surface area contributed by atoms with Crippen LogP contribution in [0.3, 0.4) is 0 Å². The third-order valence-electron chi connectivity index (χ3n) is 4.25. The van der Waals surface area contributed by atoms with Crippen LogP contribution in [-0.4, -0.2) is 15.5 Å². The molecule has 5 nitrogen and oxygen atoms in total. The number of sulfonamides is 1. The first-order valence-electron chi connectivity index (χ1n) is 7.87. The minimum Gasteiger partial charge on any atom is -0.495 e. The van der Waals surface area contributed by atoms with Gasteiger partial charge < -0.3 is 10.1 Å². The first-order valence-corrected chi connectivity index (χ1v) is 9.35. The van der Waals surface area contributed by atoms with Crippen LogP contribution in [0.2, 0.25) is 0 Å². The van der Waals surface area contributed by atoms with Crippen molar-refractivity contribution in [1.82, 2.24) is 10.0 Å². The van der Waals surface area contributed by atoms with Gasteiger partial charge in [0.15, 0.2) is 0 Å². The second-order valence-electron chi connectivity index (χ2n) is 6.14. The van der Waals surface area contributed by atoms with E-state index in [1.807, 2.05) is 26.0 Å². The van der Waals surface area contributed by atoms with E-state index in [9.17, 15) is 8.42 Å². The van der Waals surface area contributed by atoms with Crippen molar-refractivity contribution in [1.29, 1.82) is 0 Å². The summed E-state index contributed by atoms with van der Waals surface area (Å²) >= 11 is 0. The fourth-order valence-electron chi connectivity index (χ4n) is 3.09. The van der Waals surface area contributed by atoms with Crippen LogP contribution in [-0.2, 0) is 29.7 Å². The van der Waals surface area contributed by atoms with Crippen molar-refractivity contribution < 1.29 is 13.2 Å². The lowest BCUT2D eigenvalue weighted by Crippen LogP contribution is -2.24. The Morgan fingerprint density at radius 3 is 2.56 bits per heavy atom. The largest absolute Gasteiger partial charge is 0.495 e. The van der Waals surface area contributed by atoms with Gasteiger partial charge in [-0.2, -0.15) is 0 Å². The third-order valence-corrected chi connectivity index (χ3v) is 5.65. The second-order valence-corrected chi connectivity index (χ2v) is 7.88. The standard InChI is InChI=1S/C18H22N2O3S.ClH/c1-12-6-13(2)18(23-3)17(7-12)24(21,22)20-9-14-4-5-15-10-19-11-16(15)8-14;/h4-8,19-20H,9-11H2,1-3H3;1H. The fraction of sp³-hybridized carbons (Fsp3) is 0.333. The van der Waals surface area contributed by atoms with Crippen molar-refractivity contribution in [2.75, 3.05) is 7.11 Å². The number of aryl methyl sites for hydroxylation is 2. The maximum absolute atomic E-state index is 12.7. The molecule has 0 aliphatic carbocycles. The molecule has 0 spiro atoms. The van der Waals surface area contributed by atoms with Crippen LogP contribution < -0.4 is 14.8 Å². The van der Waals surface area contributed by atoms with Crippen LogP contribution in [0.1, 0.15) is 27.8 Å². The number of nitrogens with one attached hydrogen (secondary N) is 2. The van der Waals surface area contributed by atoms with Crippen LogP contribution in [0.4, 0.5) is 0 Å². The molecule has 7 heteroatoms. The molecule has 0 fully saturated rings. The van der Waals surface area contributed by atoms with E-state index in [1.165, 1.54) is 18.2 Å². The van der Waals surface area contributed by atoms with Gasteiger partial charge in [-0.15, -0.1) is 12.4 Å². The van der Waals surface area contributed by atoms with E-state index >= 15 is 0 Å². The average Bonchev–Trinajstić information content (AvgIpc) is 3.00. The summed E-state index contributed by atoms with van der Waals surface area (Å²) < 4.78 is 33.4. The number of rotatable bonds is 5. The van der Waals surface area contributed by atoms with Crippen LogP contribution in [0, 0.1) is 13.8 Å². The van der Waals surface area contributed by atoms with Crippen molar-refractivity contribution in [3.8, 4) is 5.75 Å². The van der Waals surface area contributed by atoms with Gasteiger partial charge in [-0.1, -0.05) is 24.3 Å². The first-order chi connectivity index (χ1) is 11.4. The second kappa shape index (κ2) is 7.74. The molecule has 3 rings (SSSR count). The van der Waals surface area contributed by atoms with Gasteiger partial charge in [-0.25, -0.2) is 13.1 Å². The number of fused-ring (bicyclic) bond motifs is 1. The lowest BCUT2D eigenvalue weighted by molar-refractivity contribution is 0.399. The molecule has 0 saturated heterocycles. The maximum atomic E-state index is 12.7. The predicted octanol–water partition coefficient (Wildman–Crippen LogP) is 2.82. The highest BCUT2D eigenvalue weighted by Crippen LogP contribution is 2.29. The summed E-state index contributed by atoms with van der Waals surface area (Å²) in [6, 6.07) is 9.62. The van der Waals surface area contributed by atoms with E-state index in [0.29, 0.717) is 5.75 Å². The van der Waals surface area contributed by atoms with Gasteiger partial charge in [0.25, 0.3) is 0 Å². The zero-order chi connectivity index (χ0) is 17.3. The SMILES string of the molecule is COc1c(C)cc(C)cc1S(=O)(=O)NCc1ccc2c(c1)CNC2.Cl. The Morgan fingerprint density at radius 1 is 1.12 bits per heavy atom. The van der Waals surface area contributed by atoms with Crippen molar-refractivity contribution >= 4 is 22.4 Å². The van der Waals surface area contributed by atoms with Crippen LogP contribution in [0.5, 0.6) is 5.75 Å². The summed E-state index contributed by atoms with van der Waals surface area (Å²) in [5, 5.41) is 3.29. The van der Waals surface area contributed by atoms with Gasteiger partial charge in [0, 0.05) is 19.6 Å². The molecular weight excluding hydrogens is 360 g/mol. The molecule has 0 unspecified atom stereocenters. The number of methoxy groups -OCH3 is 1. The first kappa shape index (κ1) is 19.7. The smallest absolute Gasteiger partial charge is 0.244 e. The number of hydrogen-bond donors (Lipinski definition) is 2. The normalized spacial score (nSPS) is 13.2. The van der Waals surface area contributed by atoms with Crippen molar-refractivity contribution in [2.24, 2.45) is 0 Å². The predicted molar refractivity (Wildman–Crippen MR) is 101 cm³/mol. The van der Waals surface area contributed by atoms with Gasteiger partial charge in [-0.05, 0) is 47.7 Å². The number of ether oxygens (including phenoxy) is 1. The Kier molecular flexibility index (Phi) is 6.11. The van der Waals surface area contributed by atoms with Crippen molar-refractivity contribution in [2.45, 2.75) is 38.4 Å². The fourth-order valence-corrected chi connectivity index (χ4v) is 4.43. The molecule has 0 aromatic heterocycles. The van der Waals surface area contributed by atoms with E-state index in [0.717, 1.165) is 29.8 Å². The van der Waals surface area contributed by atoms with Gasteiger partial charge in [0.1, 0.15) is 10.6 Å². The maximum Gasteiger partial charge on any atom is 0.244 e. The number of benzene rings is 2. The summed E-state index contributed by atoms with van der Waals surface area (Å²) in [6.07, 6.45) is 0. The monoisotopic (exact) mass is 382 g/mol. The van der Waals surface area contributed by atoms with Gasteiger partial charge >= 0.3 is 0 Å². The van der Waals surface area contributed by atoms with E-state index in [2.05, 4.69) is 22.2 Å². The summed E-state index contributed by atoms with van der Waals surface area (Å²) in [5.74, 6) is 0.395. The Hall–Kier alpha value is -1.60. The van der Waals surface area contributed by atoms with Crippen LogP contribution in [0.15, 0.2) is 35.2 Å². The van der Waals surface area contributed by atoms with E-state index < -0.39 is 10.0 Å². The summed E-state index contributed by atoms with van der Waals surface area (Å²) in [5.41, 5.74) is 5.15. The molecule has 1 aliphatic rings. The summed E-state index contributed by atoms with van der Waals surface area (Å²) in [6.45, 7) is 5.69. The molecule has 2 aromatic carbocycles. The molecule has 0 atom stereocenters. The molecule has 2 aromatic rings. The minimum atomic E-state index is -3.65. The molecule has 2 N–H and O–H groups in total. The van der Waals surface area contributed by atoms with E-state index in [4.69, 9.17) is 4.74 Å². The average molecular weight is 383 g/mol. The molecule has 0 amide bonds. The Bertz CT molecular complexity index is 882. The highest BCUT2D eigenvalue weighted by molar-refractivity contribution is 7.89. The van der Waals surface area contributed by atoms with Gasteiger partial charge in [0.05, 0.1) is 7.11 Å². The number of halogens is 1. The lowest BCUT2D eigenvalue weighted by Gasteiger charge is -2.14. The molecule has 1 heterocycles. The summed E-state index contributed by atoms with van der Waals surface area (Å²) in [7, 11) is -2.16. The molecule has 136 valence electrons. The van der Waals surface area contributed by atoms with E-state index in [1.54, 1.807) is 6.07 Å². The van der Waals surface area contributed by atoms with E-state index in [-0.39, 0.29) is 23.8 Å². The third kappa shape index (κ3) is 4.15. The molecule has 25 heavy (non-hydrogen) atoms. The molecule has 0 bridgehead atoms. The molecule has 0 radical (unpaired) electrons. The quantitative estimate of drug-likeness (QED) is 0.834. The zero-order valence-electron chi connectivity index (χ0n) is 14.5. The molecular formula is C18H23ClN2O3S. The Balaban J connectivity index is 0.00000225. The molecule has 1 aliphatic heterocycles. The van der Waals surface area contributed by atoms with Crippen LogP contribution >= 0.6 is 12.4 Å². The zero-order valence-corrected chi connectivity index (χ0v) is 16.2. The Morgan fingerprint density at radius 2 is 1.84 bits per heavy atom. The van der Waals surface area contributed by atoms with Gasteiger partial charge in [-0.3, -0.25) is 0 Å².